The second-order valence-electron chi connectivity index (χ2n) is 8.83. The molecule has 2 aromatic carbocycles. The standard InChI is InChI=1S/C26H30ClN5O2S/c1-4-31-24(22-10-7-15-32(22)25(34)18-11-13-19(27)14-12-18)29-30-26(31)35-16-23(33)28-21-9-6-5-8-20(21)17(2)3/h5-6,8-9,11-14,17,22H,4,7,10,15-16H2,1-3H3,(H,28,33). The average molecular weight is 512 g/mol. The number of carbonyl (C=O) groups excluding carboxylic acids is 2. The van der Waals surface area contributed by atoms with Gasteiger partial charge in [-0.25, -0.2) is 0 Å². The van der Waals surface area contributed by atoms with Gasteiger partial charge in [0.15, 0.2) is 11.0 Å². The summed E-state index contributed by atoms with van der Waals surface area (Å²) in [5.41, 5.74) is 2.56. The molecule has 35 heavy (non-hydrogen) atoms. The minimum Gasteiger partial charge on any atom is -0.328 e. The first-order valence-corrected chi connectivity index (χ1v) is 13.3. The third kappa shape index (κ3) is 5.70. The van der Waals surface area contributed by atoms with E-state index in [2.05, 4.69) is 29.4 Å². The van der Waals surface area contributed by atoms with Crippen molar-refractivity contribution >= 4 is 40.9 Å². The molecule has 0 bridgehead atoms. The molecular weight excluding hydrogens is 482 g/mol. The van der Waals surface area contributed by atoms with Crippen LogP contribution in [0.25, 0.3) is 0 Å². The summed E-state index contributed by atoms with van der Waals surface area (Å²) in [5, 5.41) is 13.1. The maximum absolute atomic E-state index is 13.2. The van der Waals surface area contributed by atoms with Crippen LogP contribution in [0.1, 0.15) is 67.3 Å². The molecule has 4 rings (SSSR count). The third-order valence-corrected chi connectivity index (χ3v) is 7.37. The predicted octanol–water partition coefficient (Wildman–Crippen LogP) is 5.78. The van der Waals surface area contributed by atoms with Crippen molar-refractivity contribution < 1.29 is 9.59 Å². The number of thioether (sulfide) groups is 1. The first-order valence-electron chi connectivity index (χ1n) is 11.9. The molecule has 1 atom stereocenters. The first-order chi connectivity index (χ1) is 16.9. The van der Waals surface area contributed by atoms with Crippen LogP contribution in [0.15, 0.2) is 53.7 Å². The molecule has 0 saturated carbocycles. The van der Waals surface area contributed by atoms with E-state index in [1.165, 1.54) is 11.8 Å². The van der Waals surface area contributed by atoms with Gasteiger partial charge in [0.1, 0.15) is 0 Å². The van der Waals surface area contributed by atoms with Gasteiger partial charge in [-0.05, 0) is 61.6 Å². The smallest absolute Gasteiger partial charge is 0.254 e. The van der Waals surface area contributed by atoms with Crippen molar-refractivity contribution in [2.24, 2.45) is 0 Å². The number of rotatable bonds is 8. The molecule has 3 aromatic rings. The lowest BCUT2D eigenvalue weighted by Gasteiger charge is -2.24. The number of nitrogens with zero attached hydrogens (tertiary/aromatic N) is 4. The number of anilines is 1. The fraction of sp³-hybridized carbons (Fsp3) is 0.385. The van der Waals surface area contributed by atoms with E-state index >= 15 is 0 Å². The fourth-order valence-corrected chi connectivity index (χ4v) is 5.35. The van der Waals surface area contributed by atoms with Crippen molar-refractivity contribution in [3.8, 4) is 0 Å². The Hall–Kier alpha value is -2.84. The fourth-order valence-electron chi connectivity index (χ4n) is 4.42. The number of benzene rings is 2. The number of nitrogens with one attached hydrogen (secondary N) is 1. The second kappa shape index (κ2) is 11.3. The lowest BCUT2D eigenvalue weighted by molar-refractivity contribution is -0.113. The lowest BCUT2D eigenvalue weighted by atomic mass is 10.0. The zero-order valence-corrected chi connectivity index (χ0v) is 21.8. The summed E-state index contributed by atoms with van der Waals surface area (Å²) < 4.78 is 2.01. The van der Waals surface area contributed by atoms with E-state index in [1.54, 1.807) is 24.3 Å². The van der Waals surface area contributed by atoms with Crippen LogP contribution in [0.3, 0.4) is 0 Å². The third-order valence-electron chi connectivity index (χ3n) is 6.15. The van der Waals surface area contributed by atoms with Crippen LogP contribution >= 0.6 is 23.4 Å². The van der Waals surface area contributed by atoms with Crippen molar-refractivity contribution in [1.82, 2.24) is 19.7 Å². The number of carbonyl (C=O) groups is 2. The van der Waals surface area contributed by atoms with Crippen LogP contribution in [0.5, 0.6) is 0 Å². The molecule has 2 heterocycles. The number of hydrogen-bond acceptors (Lipinski definition) is 5. The molecule has 1 aromatic heterocycles. The summed E-state index contributed by atoms with van der Waals surface area (Å²) >= 11 is 7.34. The first kappa shape index (κ1) is 25.3. The molecule has 1 aliphatic rings. The van der Waals surface area contributed by atoms with Crippen molar-refractivity contribution in [1.29, 1.82) is 0 Å². The van der Waals surface area contributed by atoms with Gasteiger partial charge < -0.3 is 14.8 Å². The molecule has 0 radical (unpaired) electrons. The SMILES string of the molecule is CCn1c(SCC(=O)Nc2ccccc2C(C)C)nnc1C1CCCN1C(=O)c1ccc(Cl)cc1. The molecule has 0 aliphatic carbocycles. The van der Waals surface area contributed by atoms with Crippen LogP contribution in [0.2, 0.25) is 5.02 Å². The summed E-state index contributed by atoms with van der Waals surface area (Å²) in [5.74, 6) is 1.18. The van der Waals surface area contributed by atoms with Crippen molar-refractivity contribution in [2.45, 2.75) is 57.3 Å². The zero-order chi connectivity index (χ0) is 24.9. The molecule has 1 aliphatic heterocycles. The summed E-state index contributed by atoms with van der Waals surface area (Å²) in [6.07, 6.45) is 1.73. The highest BCUT2D eigenvalue weighted by atomic mass is 35.5. The molecule has 1 saturated heterocycles. The zero-order valence-electron chi connectivity index (χ0n) is 20.2. The van der Waals surface area contributed by atoms with Gasteiger partial charge in [-0.3, -0.25) is 9.59 Å². The Bertz CT molecular complexity index is 1190. The molecule has 1 fully saturated rings. The van der Waals surface area contributed by atoms with E-state index in [0.29, 0.717) is 34.7 Å². The highest BCUT2D eigenvalue weighted by Crippen LogP contribution is 2.34. The summed E-state index contributed by atoms with van der Waals surface area (Å²) in [4.78, 5) is 27.7. The summed E-state index contributed by atoms with van der Waals surface area (Å²) in [7, 11) is 0. The Balaban J connectivity index is 1.45. The van der Waals surface area contributed by atoms with Gasteiger partial charge in [-0.2, -0.15) is 0 Å². The Morgan fingerprint density at radius 1 is 1.14 bits per heavy atom. The normalized spacial score (nSPS) is 15.6. The van der Waals surface area contributed by atoms with Crippen LogP contribution in [0, 0.1) is 0 Å². The number of para-hydroxylation sites is 1. The summed E-state index contributed by atoms with van der Waals surface area (Å²) in [6, 6.07) is 14.7. The number of aromatic nitrogens is 3. The quantitative estimate of drug-likeness (QED) is 0.387. The molecule has 2 amide bonds. The van der Waals surface area contributed by atoms with E-state index in [1.807, 2.05) is 40.7 Å². The monoisotopic (exact) mass is 511 g/mol. The Labute approximate surface area is 215 Å². The highest BCUT2D eigenvalue weighted by molar-refractivity contribution is 7.99. The number of amides is 2. The molecule has 9 heteroatoms. The number of hydrogen-bond donors (Lipinski definition) is 1. The minimum atomic E-state index is -0.147. The second-order valence-corrected chi connectivity index (χ2v) is 10.2. The van der Waals surface area contributed by atoms with E-state index in [0.717, 1.165) is 29.9 Å². The lowest BCUT2D eigenvalue weighted by Crippen LogP contribution is -2.32. The van der Waals surface area contributed by atoms with Crippen molar-refractivity contribution in [3.63, 3.8) is 0 Å². The Morgan fingerprint density at radius 2 is 1.89 bits per heavy atom. The Morgan fingerprint density at radius 3 is 2.60 bits per heavy atom. The van der Waals surface area contributed by atoms with Crippen LogP contribution in [-0.4, -0.2) is 43.8 Å². The average Bonchev–Trinajstić information content (AvgIpc) is 3.49. The van der Waals surface area contributed by atoms with Gasteiger partial charge in [0, 0.05) is 29.4 Å². The van der Waals surface area contributed by atoms with Crippen LogP contribution in [0.4, 0.5) is 5.69 Å². The van der Waals surface area contributed by atoms with Gasteiger partial charge >= 0.3 is 0 Å². The van der Waals surface area contributed by atoms with Crippen LogP contribution < -0.4 is 5.32 Å². The van der Waals surface area contributed by atoms with E-state index in [4.69, 9.17) is 11.6 Å². The van der Waals surface area contributed by atoms with E-state index < -0.39 is 0 Å². The molecule has 1 unspecified atom stereocenters. The van der Waals surface area contributed by atoms with Gasteiger partial charge in [0.05, 0.1) is 11.8 Å². The van der Waals surface area contributed by atoms with Crippen molar-refractivity contribution in [2.75, 3.05) is 17.6 Å². The van der Waals surface area contributed by atoms with Crippen molar-refractivity contribution in [3.05, 3.63) is 70.5 Å². The highest BCUT2D eigenvalue weighted by Gasteiger charge is 2.34. The van der Waals surface area contributed by atoms with Gasteiger partial charge in [-0.1, -0.05) is 55.4 Å². The largest absolute Gasteiger partial charge is 0.328 e. The summed E-state index contributed by atoms with van der Waals surface area (Å²) in [6.45, 7) is 7.56. The van der Waals surface area contributed by atoms with E-state index in [9.17, 15) is 9.59 Å². The van der Waals surface area contributed by atoms with E-state index in [-0.39, 0.29) is 23.6 Å². The maximum Gasteiger partial charge on any atom is 0.254 e. The molecule has 1 N–H and O–H groups in total. The van der Waals surface area contributed by atoms with Gasteiger partial charge in [-0.15, -0.1) is 10.2 Å². The molecule has 0 spiro atoms. The number of halogens is 1. The molecular formula is C26H30ClN5O2S. The number of likely N-dealkylation sites (tertiary alicyclic amines) is 1. The Kier molecular flexibility index (Phi) is 8.13. The molecule has 7 nitrogen and oxygen atoms in total. The van der Waals surface area contributed by atoms with Crippen LogP contribution in [-0.2, 0) is 11.3 Å². The van der Waals surface area contributed by atoms with Gasteiger partial charge in [0.2, 0.25) is 5.91 Å². The predicted molar refractivity (Wildman–Crippen MR) is 140 cm³/mol. The molecule has 184 valence electrons. The topological polar surface area (TPSA) is 80.1 Å². The minimum absolute atomic E-state index is 0.0350. The van der Waals surface area contributed by atoms with Gasteiger partial charge in [0.25, 0.3) is 5.91 Å². The maximum atomic E-state index is 13.2.